The summed E-state index contributed by atoms with van der Waals surface area (Å²) in [5, 5.41) is 18.4. The number of rotatable bonds is 8. The number of likely N-dealkylation sites (tertiary alicyclic amines) is 1. The molecule has 145 valence electrons. The van der Waals surface area contributed by atoms with E-state index in [1.807, 2.05) is 26.2 Å². The van der Waals surface area contributed by atoms with Crippen molar-refractivity contribution >= 4 is 30.2 Å². The van der Waals surface area contributed by atoms with Gasteiger partial charge in [-0.2, -0.15) is 0 Å². The number of anilines is 1. The molecule has 0 aromatic carbocycles. The highest BCUT2D eigenvalue weighted by molar-refractivity contribution is 7.13. The molecule has 1 aliphatic heterocycles. The number of carbonyl (C=O) groups is 1. The van der Waals surface area contributed by atoms with E-state index in [1.54, 1.807) is 14.7 Å². The van der Waals surface area contributed by atoms with Crippen molar-refractivity contribution in [2.24, 2.45) is 5.92 Å². The van der Waals surface area contributed by atoms with Gasteiger partial charge in [-0.1, -0.05) is 0 Å². The largest absolute Gasteiger partial charge is 0.444 e. The molecule has 26 heavy (non-hydrogen) atoms. The average molecular weight is 383 g/mol. The quantitative estimate of drug-likeness (QED) is 0.457. The second-order valence-electron chi connectivity index (χ2n) is 7.37. The summed E-state index contributed by atoms with van der Waals surface area (Å²) >= 11 is 1.36. The first kappa shape index (κ1) is 21.1. The van der Waals surface area contributed by atoms with Crippen LogP contribution < -0.4 is 10.5 Å². The van der Waals surface area contributed by atoms with Crippen LogP contribution in [0.25, 0.3) is 0 Å². The van der Waals surface area contributed by atoms with Crippen molar-refractivity contribution in [3.05, 3.63) is 11.1 Å². The third-order valence-corrected chi connectivity index (χ3v) is 4.69. The molecule has 0 saturated carbocycles. The van der Waals surface area contributed by atoms with Gasteiger partial charge in [0.1, 0.15) is 5.60 Å². The van der Waals surface area contributed by atoms with E-state index in [-0.39, 0.29) is 12.0 Å². The molecule has 1 radical (unpaired) electrons. The molecule has 1 aromatic heterocycles. The van der Waals surface area contributed by atoms with Gasteiger partial charge in [0.25, 0.3) is 0 Å². The first-order valence-electron chi connectivity index (χ1n) is 8.69. The van der Waals surface area contributed by atoms with Crippen LogP contribution >= 0.6 is 11.3 Å². The fourth-order valence-electron chi connectivity index (χ4n) is 2.81. The van der Waals surface area contributed by atoms with Crippen molar-refractivity contribution in [1.29, 1.82) is 0 Å². The number of carbonyl (C=O) groups excluding carboxylic acids is 1. The van der Waals surface area contributed by atoms with E-state index in [0.29, 0.717) is 18.1 Å². The van der Waals surface area contributed by atoms with Crippen LogP contribution in [0.2, 0.25) is 0 Å². The van der Waals surface area contributed by atoms with Gasteiger partial charge in [-0.15, -0.1) is 11.3 Å². The summed E-state index contributed by atoms with van der Waals surface area (Å²) in [4.78, 5) is 18.4. The van der Waals surface area contributed by atoms with E-state index >= 15 is 0 Å². The third kappa shape index (κ3) is 7.20. The number of amides is 1. The van der Waals surface area contributed by atoms with Crippen molar-refractivity contribution in [3.8, 4) is 0 Å². The van der Waals surface area contributed by atoms with Crippen LogP contribution in [0.15, 0.2) is 5.38 Å². The molecule has 8 nitrogen and oxygen atoms in total. The summed E-state index contributed by atoms with van der Waals surface area (Å²) < 4.78 is 10.1. The predicted octanol–water partition coefficient (Wildman–Crippen LogP) is 1.10. The average Bonchev–Trinajstić information content (AvgIpc) is 3.09. The van der Waals surface area contributed by atoms with Crippen LogP contribution in [-0.4, -0.2) is 73.7 Å². The molecular formula is C16H28BN4O4S. The van der Waals surface area contributed by atoms with Crippen LogP contribution in [0.1, 0.15) is 26.5 Å². The van der Waals surface area contributed by atoms with Crippen molar-refractivity contribution < 1.29 is 19.3 Å². The molecule has 0 unspecified atom stereocenters. The number of aliphatic hydroxyl groups excluding tert-OH is 1. The van der Waals surface area contributed by atoms with Crippen LogP contribution in [0, 0.1) is 5.92 Å². The summed E-state index contributed by atoms with van der Waals surface area (Å²) in [6.45, 7) is 8.54. The summed E-state index contributed by atoms with van der Waals surface area (Å²) in [6, 6.07) is 0. The van der Waals surface area contributed by atoms with Crippen molar-refractivity contribution in [2.75, 3.05) is 38.6 Å². The van der Waals surface area contributed by atoms with Crippen molar-refractivity contribution in [2.45, 2.75) is 38.9 Å². The molecular weight excluding hydrogens is 355 g/mol. The normalized spacial score (nSPS) is 21.0. The Morgan fingerprint density at radius 1 is 1.50 bits per heavy atom. The minimum absolute atomic E-state index is 0.137. The number of aliphatic hydroxyl groups is 1. The van der Waals surface area contributed by atoms with Crippen LogP contribution in [-0.2, 0) is 15.8 Å². The lowest BCUT2D eigenvalue weighted by molar-refractivity contribution is 0.0636. The van der Waals surface area contributed by atoms with Gasteiger partial charge in [-0.05, 0) is 33.7 Å². The summed E-state index contributed by atoms with van der Waals surface area (Å²) in [5.74, 6) is 0.137. The highest BCUT2D eigenvalue weighted by Crippen LogP contribution is 2.24. The maximum absolute atomic E-state index is 11.8. The van der Waals surface area contributed by atoms with Gasteiger partial charge in [0.15, 0.2) is 5.13 Å². The Labute approximate surface area is 159 Å². The zero-order valence-corrected chi connectivity index (χ0v) is 16.6. The highest BCUT2D eigenvalue weighted by Gasteiger charge is 2.31. The fraction of sp³-hybridized carbons (Fsp3) is 0.750. The lowest BCUT2D eigenvalue weighted by Gasteiger charge is -2.18. The Balaban J connectivity index is 1.78. The zero-order chi connectivity index (χ0) is 19.2. The first-order valence-corrected chi connectivity index (χ1v) is 9.57. The minimum atomic E-state index is -0.544. The van der Waals surface area contributed by atoms with Gasteiger partial charge in [-0.25, -0.2) is 9.78 Å². The van der Waals surface area contributed by atoms with E-state index in [0.717, 1.165) is 25.3 Å². The molecule has 1 saturated heterocycles. The Morgan fingerprint density at radius 3 is 2.96 bits per heavy atom. The van der Waals surface area contributed by atoms with Crippen LogP contribution in [0.3, 0.4) is 0 Å². The van der Waals surface area contributed by atoms with Crippen molar-refractivity contribution in [3.63, 3.8) is 0 Å². The van der Waals surface area contributed by atoms with Gasteiger partial charge in [0.2, 0.25) is 0 Å². The molecule has 0 aliphatic carbocycles. The number of thiazole rings is 1. The fourth-order valence-corrected chi connectivity index (χ4v) is 3.52. The van der Waals surface area contributed by atoms with Gasteiger partial charge < -0.3 is 19.7 Å². The Hall–Kier alpha value is -1.20. The highest BCUT2D eigenvalue weighted by atomic mass is 32.1. The maximum atomic E-state index is 11.8. The van der Waals surface area contributed by atoms with Crippen molar-refractivity contribution in [1.82, 2.24) is 15.1 Å². The molecule has 0 spiro atoms. The second kappa shape index (κ2) is 9.66. The molecule has 2 heterocycles. The maximum Gasteiger partial charge on any atom is 0.413 e. The number of nitrogens with zero attached hydrogens (tertiary/aromatic N) is 2. The van der Waals surface area contributed by atoms with E-state index in [9.17, 15) is 9.90 Å². The number of β-amino-alcohol motifs (C(OH)–C–C–N with tert-alkyl or cyclic N) is 1. The predicted molar refractivity (Wildman–Crippen MR) is 102 cm³/mol. The Morgan fingerprint density at radius 2 is 2.27 bits per heavy atom. The number of nitrogens with one attached hydrogen (secondary N) is 2. The first-order chi connectivity index (χ1) is 12.3. The number of hydrogen-bond donors (Lipinski definition) is 3. The number of aromatic nitrogens is 1. The molecule has 10 heteroatoms. The van der Waals surface area contributed by atoms with Gasteiger partial charge in [0, 0.05) is 38.0 Å². The molecule has 1 aromatic rings. The monoisotopic (exact) mass is 383 g/mol. The molecule has 2 rings (SSSR count). The zero-order valence-electron chi connectivity index (χ0n) is 15.8. The Kier molecular flexibility index (Phi) is 7.84. The van der Waals surface area contributed by atoms with E-state index in [4.69, 9.17) is 9.39 Å². The summed E-state index contributed by atoms with van der Waals surface area (Å²) in [5.41, 5.74) is 0.329. The SMILES string of the molecule is CO[B]NCCN1C[C@@H](Cc2csc(NC(=O)OC(C)(C)C)n2)[C@H](O)C1. The van der Waals surface area contributed by atoms with E-state index in [2.05, 4.69) is 20.4 Å². The molecule has 0 bridgehead atoms. The smallest absolute Gasteiger partial charge is 0.413 e. The second-order valence-corrected chi connectivity index (χ2v) is 8.23. The molecule has 1 fully saturated rings. The number of ether oxygens (including phenoxy) is 1. The van der Waals surface area contributed by atoms with Gasteiger partial charge in [0.05, 0.1) is 11.8 Å². The summed E-state index contributed by atoms with van der Waals surface area (Å²) in [6.07, 6.45) is -0.196. The van der Waals surface area contributed by atoms with Gasteiger partial charge in [-0.3, -0.25) is 10.2 Å². The van der Waals surface area contributed by atoms with Crippen LogP contribution in [0.5, 0.6) is 0 Å². The molecule has 3 N–H and O–H groups in total. The summed E-state index contributed by atoms with van der Waals surface area (Å²) in [7, 11) is 3.15. The third-order valence-electron chi connectivity index (χ3n) is 3.89. The minimum Gasteiger partial charge on any atom is -0.444 e. The lowest BCUT2D eigenvalue weighted by atomic mass is 10.0. The molecule has 1 amide bonds. The topological polar surface area (TPSA) is 96.0 Å². The lowest BCUT2D eigenvalue weighted by Crippen LogP contribution is -2.33. The number of hydrogen-bond acceptors (Lipinski definition) is 8. The molecule has 2 atom stereocenters. The van der Waals surface area contributed by atoms with E-state index in [1.165, 1.54) is 11.3 Å². The van der Waals surface area contributed by atoms with Crippen LogP contribution in [0.4, 0.5) is 9.93 Å². The Bertz CT molecular complexity index is 581. The standard InChI is InChI=1S/C16H28BN4O4S/c1-16(2,3)25-15(23)20-14-19-12(10-26-14)7-11-8-21(9-13(11)22)6-5-18-17-24-4/h10-11,13,18,22H,5-9H2,1-4H3,(H,19,20,23)/t11-,13-/m1/s1. The van der Waals surface area contributed by atoms with E-state index < -0.39 is 11.7 Å². The molecule has 1 aliphatic rings. The van der Waals surface area contributed by atoms with Gasteiger partial charge >= 0.3 is 13.7 Å².